The Labute approximate surface area is 219 Å². The van der Waals surface area contributed by atoms with Crippen LogP contribution < -0.4 is 15.4 Å². The summed E-state index contributed by atoms with van der Waals surface area (Å²) in [6.07, 6.45) is 9.29. The minimum absolute atomic E-state index is 0.345. The molecule has 0 atom stereocenters. The van der Waals surface area contributed by atoms with Crippen molar-refractivity contribution in [3.05, 3.63) is 95.1 Å². The van der Waals surface area contributed by atoms with E-state index >= 15 is 0 Å². The van der Waals surface area contributed by atoms with Crippen molar-refractivity contribution in [1.82, 2.24) is 24.5 Å². The Morgan fingerprint density at radius 3 is 2.61 bits per heavy atom. The minimum atomic E-state index is -0.427. The Hall–Kier alpha value is -4.53. The number of hydrogen-bond donors (Lipinski definition) is 0. The molecular formula is C29H28N6O3. The molecule has 1 aromatic carbocycles. The molecule has 0 spiro atoms. The summed E-state index contributed by atoms with van der Waals surface area (Å²) in [6.45, 7) is 4.92. The van der Waals surface area contributed by atoms with Gasteiger partial charge in [-0.05, 0) is 61.6 Å². The van der Waals surface area contributed by atoms with E-state index in [4.69, 9.17) is 9.15 Å². The fraction of sp³-hybridized carbons (Fsp3) is 0.276. The number of nitrogens with zero attached hydrogens (tertiary/aromatic N) is 6. The summed E-state index contributed by atoms with van der Waals surface area (Å²) in [5, 5.41) is 0. The van der Waals surface area contributed by atoms with Gasteiger partial charge in [0.1, 0.15) is 0 Å². The van der Waals surface area contributed by atoms with Crippen LogP contribution in [0.15, 0.2) is 82.5 Å². The first-order chi connectivity index (χ1) is 18.6. The molecule has 1 saturated heterocycles. The lowest BCUT2D eigenvalue weighted by atomic mass is 9.97. The summed E-state index contributed by atoms with van der Waals surface area (Å²) < 4.78 is 12.9. The van der Waals surface area contributed by atoms with Crippen LogP contribution in [-0.4, -0.2) is 44.2 Å². The number of pyridine rings is 2. The first kappa shape index (κ1) is 23.8. The lowest BCUT2D eigenvalue weighted by molar-refractivity contribution is 0.221. The van der Waals surface area contributed by atoms with Crippen LogP contribution in [0.2, 0.25) is 0 Å². The van der Waals surface area contributed by atoms with Crippen LogP contribution in [0.3, 0.4) is 0 Å². The average molecular weight is 509 g/mol. The van der Waals surface area contributed by atoms with E-state index < -0.39 is 5.76 Å². The van der Waals surface area contributed by atoms with Crippen molar-refractivity contribution in [3.63, 3.8) is 0 Å². The van der Waals surface area contributed by atoms with Gasteiger partial charge in [0, 0.05) is 42.4 Å². The third kappa shape index (κ3) is 5.13. The van der Waals surface area contributed by atoms with Crippen molar-refractivity contribution in [2.45, 2.75) is 26.3 Å². The Morgan fingerprint density at radius 1 is 1.03 bits per heavy atom. The number of rotatable bonds is 7. The number of fused-ring (bicyclic) bond motifs is 1. The van der Waals surface area contributed by atoms with Crippen LogP contribution in [0.4, 0.5) is 5.69 Å². The summed E-state index contributed by atoms with van der Waals surface area (Å²) in [6, 6.07) is 15.5. The highest BCUT2D eigenvalue weighted by Crippen LogP contribution is 2.24. The highest BCUT2D eigenvalue weighted by atomic mass is 16.5. The largest absolute Gasteiger partial charge is 0.490 e. The van der Waals surface area contributed by atoms with E-state index in [9.17, 15) is 4.79 Å². The van der Waals surface area contributed by atoms with Crippen LogP contribution in [0.5, 0.6) is 5.75 Å². The Kier molecular flexibility index (Phi) is 6.56. The molecule has 5 heterocycles. The molecule has 1 aliphatic rings. The van der Waals surface area contributed by atoms with Crippen molar-refractivity contribution in [1.29, 1.82) is 0 Å². The van der Waals surface area contributed by atoms with Gasteiger partial charge in [0.2, 0.25) is 0 Å². The second-order valence-corrected chi connectivity index (χ2v) is 9.62. The SMILES string of the molecule is Cc1ccc2oc(=O)n(Cc3cccc(-c4ncc(OCC5CCN(c6ccncc6)CC5)cn4)c3)c2n1. The Morgan fingerprint density at radius 2 is 1.82 bits per heavy atom. The number of oxazole rings is 1. The first-order valence-electron chi connectivity index (χ1n) is 12.8. The second kappa shape index (κ2) is 10.5. The van der Waals surface area contributed by atoms with Gasteiger partial charge < -0.3 is 14.1 Å². The zero-order chi connectivity index (χ0) is 25.9. The second-order valence-electron chi connectivity index (χ2n) is 9.62. The van der Waals surface area contributed by atoms with Gasteiger partial charge in [-0.2, -0.15) is 0 Å². The normalized spacial score (nSPS) is 14.2. The van der Waals surface area contributed by atoms with E-state index in [-0.39, 0.29) is 0 Å². The van der Waals surface area contributed by atoms with E-state index in [0.717, 1.165) is 42.8 Å². The molecule has 38 heavy (non-hydrogen) atoms. The highest BCUT2D eigenvalue weighted by molar-refractivity contribution is 5.68. The van der Waals surface area contributed by atoms with Crippen molar-refractivity contribution in [2.24, 2.45) is 5.92 Å². The number of aryl methyl sites for hydroxylation is 1. The average Bonchev–Trinajstić information content (AvgIpc) is 3.27. The van der Waals surface area contributed by atoms with Crippen LogP contribution in [0.1, 0.15) is 24.1 Å². The Balaban J connectivity index is 1.08. The van der Waals surface area contributed by atoms with E-state index in [2.05, 4.69) is 37.0 Å². The molecule has 192 valence electrons. The van der Waals surface area contributed by atoms with Crippen LogP contribution in [0, 0.1) is 12.8 Å². The number of anilines is 1. The maximum Gasteiger partial charge on any atom is 0.421 e. The third-order valence-electron chi connectivity index (χ3n) is 6.93. The predicted molar refractivity (Wildman–Crippen MR) is 144 cm³/mol. The molecule has 5 aromatic rings. The van der Waals surface area contributed by atoms with Crippen molar-refractivity contribution >= 4 is 16.9 Å². The molecule has 0 amide bonds. The molecule has 1 fully saturated rings. The van der Waals surface area contributed by atoms with Gasteiger partial charge in [-0.3, -0.25) is 9.55 Å². The van der Waals surface area contributed by atoms with Gasteiger partial charge in [0.15, 0.2) is 22.8 Å². The van der Waals surface area contributed by atoms with Gasteiger partial charge in [-0.25, -0.2) is 19.7 Å². The van der Waals surface area contributed by atoms with Gasteiger partial charge >= 0.3 is 5.76 Å². The monoisotopic (exact) mass is 508 g/mol. The van der Waals surface area contributed by atoms with Crippen LogP contribution in [0.25, 0.3) is 22.6 Å². The highest BCUT2D eigenvalue weighted by Gasteiger charge is 2.20. The van der Waals surface area contributed by atoms with Crippen molar-refractivity contribution in [3.8, 4) is 17.1 Å². The number of hydrogen-bond acceptors (Lipinski definition) is 8. The first-order valence-corrected chi connectivity index (χ1v) is 12.8. The van der Waals surface area contributed by atoms with Crippen LogP contribution in [-0.2, 0) is 6.54 Å². The van der Waals surface area contributed by atoms with Crippen molar-refractivity contribution < 1.29 is 9.15 Å². The summed E-state index contributed by atoms with van der Waals surface area (Å²) in [7, 11) is 0. The zero-order valence-corrected chi connectivity index (χ0v) is 21.2. The van der Waals surface area contributed by atoms with Crippen LogP contribution >= 0.6 is 0 Å². The quantitative estimate of drug-likeness (QED) is 0.317. The Bertz CT molecular complexity index is 1590. The molecule has 1 aliphatic heterocycles. The minimum Gasteiger partial charge on any atom is -0.490 e. The number of ether oxygens (including phenoxy) is 1. The summed E-state index contributed by atoms with van der Waals surface area (Å²) in [5.41, 5.74) is 4.87. The van der Waals surface area contributed by atoms with E-state index in [1.165, 1.54) is 5.69 Å². The smallest absolute Gasteiger partial charge is 0.421 e. The molecule has 0 aliphatic carbocycles. The van der Waals surface area contributed by atoms with E-state index in [0.29, 0.717) is 41.9 Å². The van der Waals surface area contributed by atoms with Gasteiger partial charge in [0.05, 0.1) is 25.5 Å². The predicted octanol–water partition coefficient (Wildman–Crippen LogP) is 4.49. The van der Waals surface area contributed by atoms with Crippen molar-refractivity contribution in [2.75, 3.05) is 24.6 Å². The molecule has 0 bridgehead atoms. The van der Waals surface area contributed by atoms with E-state index in [1.807, 2.05) is 49.6 Å². The standard InChI is InChI=1S/C29H28N6O3/c1-20-5-6-26-28(33-20)35(29(36)38-26)18-22-3-2-4-23(15-22)27-31-16-25(17-32-27)37-19-21-9-13-34(14-10-21)24-7-11-30-12-8-24/h2-8,11-12,15-17,21H,9-10,13-14,18-19H2,1H3. The number of benzene rings is 1. The number of aromatic nitrogens is 5. The molecule has 6 rings (SSSR count). The molecule has 0 unspecified atom stereocenters. The molecule has 4 aromatic heterocycles. The molecule has 0 saturated carbocycles. The van der Waals surface area contributed by atoms with E-state index in [1.54, 1.807) is 23.0 Å². The maximum absolute atomic E-state index is 12.4. The van der Waals surface area contributed by atoms with Gasteiger partial charge in [-0.15, -0.1) is 0 Å². The topological polar surface area (TPSA) is 99.2 Å². The molecule has 9 nitrogen and oxygen atoms in total. The summed E-state index contributed by atoms with van der Waals surface area (Å²) in [5.74, 6) is 1.34. The number of piperidine rings is 1. The maximum atomic E-state index is 12.4. The molecule has 0 radical (unpaired) electrons. The molecule has 0 N–H and O–H groups in total. The molecular weight excluding hydrogens is 480 g/mol. The zero-order valence-electron chi connectivity index (χ0n) is 21.2. The lowest BCUT2D eigenvalue weighted by Gasteiger charge is -2.33. The third-order valence-corrected chi connectivity index (χ3v) is 6.93. The fourth-order valence-electron chi connectivity index (χ4n) is 4.84. The lowest BCUT2D eigenvalue weighted by Crippen LogP contribution is -2.35. The van der Waals surface area contributed by atoms with Gasteiger partial charge in [-0.1, -0.05) is 18.2 Å². The summed E-state index contributed by atoms with van der Waals surface area (Å²) in [4.78, 5) is 32.5. The molecule has 9 heteroatoms. The van der Waals surface area contributed by atoms with Gasteiger partial charge in [0.25, 0.3) is 0 Å². The fourth-order valence-corrected chi connectivity index (χ4v) is 4.84. The summed E-state index contributed by atoms with van der Waals surface area (Å²) >= 11 is 0.